The van der Waals surface area contributed by atoms with Gasteiger partial charge in [0.05, 0.1) is 5.56 Å². The molecule has 0 atom stereocenters. The molecule has 0 saturated carbocycles. The van der Waals surface area contributed by atoms with Crippen molar-refractivity contribution in [1.29, 1.82) is 0 Å². The van der Waals surface area contributed by atoms with Gasteiger partial charge in [0.1, 0.15) is 5.75 Å². The van der Waals surface area contributed by atoms with Gasteiger partial charge in [-0.15, -0.1) is 0 Å². The summed E-state index contributed by atoms with van der Waals surface area (Å²) in [5.74, 6) is -0.214. The Hall–Kier alpha value is -2.61. The maximum absolute atomic E-state index is 12.0. The summed E-state index contributed by atoms with van der Waals surface area (Å²) in [5.41, 5.74) is 5.23. The Morgan fingerprint density at radius 3 is 2.40 bits per heavy atom. The Morgan fingerprint density at radius 1 is 0.880 bits per heavy atom. The van der Waals surface area contributed by atoms with Crippen molar-refractivity contribution in [3.8, 4) is 5.75 Å². The minimum Gasteiger partial charge on any atom is -0.484 e. The fourth-order valence-corrected chi connectivity index (χ4v) is 2.91. The van der Waals surface area contributed by atoms with Crippen molar-refractivity contribution in [3.05, 3.63) is 75.9 Å². The Balaban J connectivity index is 1.52. The third-order valence-corrected chi connectivity index (χ3v) is 4.47. The van der Waals surface area contributed by atoms with Crippen molar-refractivity contribution in [2.45, 2.75) is 0 Å². The van der Waals surface area contributed by atoms with Gasteiger partial charge in [-0.1, -0.05) is 42.5 Å². The van der Waals surface area contributed by atoms with Crippen LogP contribution in [-0.4, -0.2) is 18.4 Å². The minimum absolute atomic E-state index is 0.190. The number of halogens is 1. The largest absolute Gasteiger partial charge is 0.484 e. The van der Waals surface area contributed by atoms with E-state index in [0.29, 0.717) is 11.3 Å². The van der Waals surface area contributed by atoms with Crippen LogP contribution in [0.5, 0.6) is 5.75 Å². The number of ether oxygens (including phenoxy) is 1. The van der Waals surface area contributed by atoms with Gasteiger partial charge in [0.15, 0.2) is 6.61 Å². The van der Waals surface area contributed by atoms with E-state index >= 15 is 0 Å². The molecule has 2 N–H and O–H groups in total. The minimum atomic E-state index is -0.438. The topological polar surface area (TPSA) is 67.4 Å². The molecular weight excluding hydrogens is 431 g/mol. The number of rotatable bonds is 4. The van der Waals surface area contributed by atoms with Crippen LogP contribution in [0.4, 0.5) is 0 Å². The van der Waals surface area contributed by atoms with Gasteiger partial charge in [0.2, 0.25) is 0 Å². The van der Waals surface area contributed by atoms with E-state index in [4.69, 9.17) is 4.74 Å². The smallest absolute Gasteiger partial charge is 0.276 e. The van der Waals surface area contributed by atoms with Crippen LogP contribution >= 0.6 is 22.6 Å². The normalized spacial score (nSPS) is 10.3. The highest BCUT2D eigenvalue weighted by Gasteiger charge is 2.10. The molecular formula is C19H15IN2O3. The molecule has 126 valence electrons. The molecule has 0 bridgehead atoms. The van der Waals surface area contributed by atoms with Gasteiger partial charge >= 0.3 is 0 Å². The average Bonchev–Trinajstić information content (AvgIpc) is 2.64. The molecule has 3 aromatic carbocycles. The number of benzene rings is 3. The fourth-order valence-electron chi connectivity index (χ4n) is 2.28. The summed E-state index contributed by atoms with van der Waals surface area (Å²) in [5, 5.41) is 2.14. The number of hydrazine groups is 1. The van der Waals surface area contributed by atoms with Crippen LogP contribution in [0.25, 0.3) is 10.8 Å². The molecule has 0 aliphatic carbocycles. The Morgan fingerprint density at radius 2 is 1.60 bits per heavy atom. The highest BCUT2D eigenvalue weighted by molar-refractivity contribution is 14.1. The molecule has 0 saturated heterocycles. The summed E-state index contributed by atoms with van der Waals surface area (Å²) in [7, 11) is 0. The fraction of sp³-hybridized carbons (Fsp3) is 0.0526. The molecule has 25 heavy (non-hydrogen) atoms. The van der Waals surface area contributed by atoms with Crippen molar-refractivity contribution in [2.24, 2.45) is 0 Å². The van der Waals surface area contributed by atoms with Gasteiger partial charge in [-0.25, -0.2) is 0 Å². The lowest BCUT2D eigenvalue weighted by molar-refractivity contribution is -0.123. The first-order valence-electron chi connectivity index (χ1n) is 7.59. The van der Waals surface area contributed by atoms with Crippen LogP contribution < -0.4 is 15.6 Å². The summed E-state index contributed by atoms with van der Waals surface area (Å²) in [6.07, 6.45) is 0. The summed E-state index contributed by atoms with van der Waals surface area (Å²) < 4.78 is 6.28. The number of carbonyl (C=O) groups is 2. The number of hydrogen-bond acceptors (Lipinski definition) is 3. The standard InChI is InChI=1S/C19H15IN2O3/c20-17-8-4-3-7-16(17)19(24)22-21-18(23)12-25-15-10-9-13-5-1-2-6-14(13)11-15/h1-11H,12H2,(H,21,23)(H,22,24). The van der Waals surface area contributed by atoms with Gasteiger partial charge in [-0.2, -0.15) is 0 Å². The number of nitrogens with one attached hydrogen (secondary N) is 2. The van der Waals surface area contributed by atoms with Crippen molar-refractivity contribution in [1.82, 2.24) is 10.9 Å². The van der Waals surface area contributed by atoms with Crippen LogP contribution in [-0.2, 0) is 4.79 Å². The summed E-state index contributed by atoms with van der Waals surface area (Å²) in [4.78, 5) is 23.9. The van der Waals surface area contributed by atoms with E-state index in [1.54, 1.807) is 18.2 Å². The van der Waals surface area contributed by atoms with E-state index in [9.17, 15) is 9.59 Å². The second kappa shape index (κ2) is 7.98. The van der Waals surface area contributed by atoms with Crippen LogP contribution in [0.1, 0.15) is 10.4 Å². The zero-order valence-corrected chi connectivity index (χ0v) is 15.3. The van der Waals surface area contributed by atoms with Gasteiger partial charge in [0, 0.05) is 3.57 Å². The monoisotopic (exact) mass is 446 g/mol. The molecule has 0 unspecified atom stereocenters. The maximum Gasteiger partial charge on any atom is 0.276 e. The number of carbonyl (C=O) groups excluding carboxylic acids is 2. The summed E-state index contributed by atoms with van der Waals surface area (Å²) >= 11 is 2.07. The van der Waals surface area contributed by atoms with Crippen molar-refractivity contribution >= 4 is 45.2 Å². The zero-order valence-electron chi connectivity index (χ0n) is 13.2. The number of amides is 2. The number of hydrogen-bond donors (Lipinski definition) is 2. The third-order valence-electron chi connectivity index (χ3n) is 3.52. The lowest BCUT2D eigenvalue weighted by atomic mass is 10.1. The van der Waals surface area contributed by atoms with Crippen LogP contribution in [0.3, 0.4) is 0 Å². The van der Waals surface area contributed by atoms with Crippen molar-refractivity contribution in [2.75, 3.05) is 6.61 Å². The number of fused-ring (bicyclic) bond motifs is 1. The first-order chi connectivity index (χ1) is 12.1. The highest BCUT2D eigenvalue weighted by Crippen LogP contribution is 2.20. The first-order valence-corrected chi connectivity index (χ1v) is 8.67. The van der Waals surface area contributed by atoms with E-state index in [1.807, 2.05) is 48.5 Å². The van der Waals surface area contributed by atoms with E-state index in [2.05, 4.69) is 33.4 Å². The van der Waals surface area contributed by atoms with Crippen molar-refractivity contribution in [3.63, 3.8) is 0 Å². The quantitative estimate of drug-likeness (QED) is 0.478. The molecule has 2 amide bonds. The van der Waals surface area contributed by atoms with Gasteiger partial charge in [-0.05, 0) is 57.6 Å². The van der Waals surface area contributed by atoms with E-state index in [1.165, 1.54) is 0 Å². The highest BCUT2D eigenvalue weighted by atomic mass is 127. The van der Waals surface area contributed by atoms with E-state index in [-0.39, 0.29) is 12.5 Å². The molecule has 3 aromatic rings. The van der Waals surface area contributed by atoms with Crippen LogP contribution in [0.15, 0.2) is 66.7 Å². The van der Waals surface area contributed by atoms with Crippen LogP contribution in [0.2, 0.25) is 0 Å². The Kier molecular flexibility index (Phi) is 5.49. The van der Waals surface area contributed by atoms with E-state index < -0.39 is 5.91 Å². The summed E-state index contributed by atoms with van der Waals surface area (Å²) in [6.45, 7) is -0.190. The molecule has 0 aliphatic heterocycles. The average molecular weight is 446 g/mol. The van der Waals surface area contributed by atoms with E-state index in [0.717, 1.165) is 14.3 Å². The molecule has 3 rings (SSSR count). The lowest BCUT2D eigenvalue weighted by Gasteiger charge is -2.10. The van der Waals surface area contributed by atoms with Gasteiger partial charge in [-0.3, -0.25) is 20.4 Å². The maximum atomic E-state index is 12.0. The predicted molar refractivity (Wildman–Crippen MR) is 104 cm³/mol. The summed E-state index contributed by atoms with van der Waals surface area (Å²) in [6, 6.07) is 20.6. The molecule has 0 fully saturated rings. The van der Waals surface area contributed by atoms with Crippen molar-refractivity contribution < 1.29 is 14.3 Å². The second-order valence-corrected chi connectivity index (χ2v) is 6.44. The molecule has 0 aromatic heterocycles. The molecule has 0 aliphatic rings. The third kappa shape index (κ3) is 4.48. The zero-order chi connectivity index (χ0) is 17.6. The van der Waals surface area contributed by atoms with Gasteiger partial charge < -0.3 is 4.74 Å². The molecule has 0 radical (unpaired) electrons. The Labute approximate surface area is 158 Å². The first kappa shape index (κ1) is 17.2. The molecule has 5 nitrogen and oxygen atoms in total. The Bertz CT molecular complexity index is 927. The van der Waals surface area contributed by atoms with Crippen LogP contribution in [0, 0.1) is 3.57 Å². The second-order valence-electron chi connectivity index (χ2n) is 5.28. The SMILES string of the molecule is O=C(COc1ccc2ccccc2c1)NNC(=O)c1ccccc1I. The molecule has 0 heterocycles. The van der Waals surface area contributed by atoms with Gasteiger partial charge in [0.25, 0.3) is 11.8 Å². The molecule has 6 heteroatoms. The lowest BCUT2D eigenvalue weighted by Crippen LogP contribution is -2.44. The predicted octanol–water partition coefficient (Wildman–Crippen LogP) is 3.28. The molecule has 0 spiro atoms.